The molecule has 8 nitrogen and oxygen atoms in total. The Kier molecular flexibility index (Phi) is 6.24. The van der Waals surface area contributed by atoms with Gasteiger partial charge in [0.25, 0.3) is 5.56 Å². The fourth-order valence-electron chi connectivity index (χ4n) is 3.59. The number of halogens is 4. The number of ether oxygens (including phenoxy) is 1. The Labute approximate surface area is 201 Å². The average Bonchev–Trinajstić information content (AvgIpc) is 2.79. The minimum atomic E-state index is -4.85. The second kappa shape index (κ2) is 9.15. The lowest BCUT2D eigenvalue weighted by atomic mass is 10.1. The van der Waals surface area contributed by atoms with E-state index < -0.39 is 23.7 Å². The van der Waals surface area contributed by atoms with Crippen molar-refractivity contribution in [3.8, 4) is 17.5 Å². The molecule has 0 amide bonds. The van der Waals surface area contributed by atoms with Crippen molar-refractivity contribution in [2.45, 2.75) is 19.3 Å². The molecule has 178 valence electrons. The van der Waals surface area contributed by atoms with Gasteiger partial charge < -0.3 is 15.8 Å². The van der Waals surface area contributed by atoms with E-state index in [2.05, 4.69) is 20.0 Å². The lowest BCUT2D eigenvalue weighted by Gasteiger charge is -2.22. The number of nitrogens with one attached hydrogen (secondary N) is 1. The summed E-state index contributed by atoms with van der Waals surface area (Å²) < 4.78 is 43.0. The maximum Gasteiger partial charge on any atom is 0.573 e. The van der Waals surface area contributed by atoms with E-state index in [1.807, 2.05) is 6.07 Å². The molecule has 0 spiro atoms. The fourth-order valence-corrected chi connectivity index (χ4v) is 3.85. The number of nitrogens with two attached hydrogens (primary N) is 1. The van der Waals surface area contributed by atoms with E-state index >= 15 is 0 Å². The first kappa shape index (κ1) is 23.8. The number of alkyl halides is 3. The van der Waals surface area contributed by atoms with E-state index in [4.69, 9.17) is 17.3 Å². The molecule has 0 bridgehead atoms. The number of nitrogens with zero attached hydrogens (tertiary/aromatic N) is 4. The number of rotatable bonds is 5. The number of benzene rings is 2. The molecule has 1 atom stereocenters. The molecule has 0 aliphatic carbocycles. The highest BCUT2D eigenvalue weighted by atomic mass is 35.5. The van der Waals surface area contributed by atoms with E-state index in [9.17, 15) is 23.2 Å². The normalized spacial score (nSPS) is 12.2. The minimum Gasteiger partial charge on any atom is -0.406 e. The van der Waals surface area contributed by atoms with Crippen LogP contribution >= 0.6 is 11.6 Å². The van der Waals surface area contributed by atoms with E-state index in [1.165, 1.54) is 22.9 Å². The van der Waals surface area contributed by atoms with Crippen LogP contribution in [0.3, 0.4) is 0 Å². The van der Waals surface area contributed by atoms with Crippen LogP contribution in [0.1, 0.15) is 24.2 Å². The number of hydrogen-bond acceptors (Lipinski definition) is 7. The van der Waals surface area contributed by atoms with Crippen LogP contribution in [0.15, 0.2) is 59.5 Å². The molecule has 4 aromatic rings. The monoisotopic (exact) mass is 500 g/mol. The third-order valence-corrected chi connectivity index (χ3v) is 5.39. The highest BCUT2D eigenvalue weighted by molar-refractivity contribution is 6.35. The largest absolute Gasteiger partial charge is 0.573 e. The molecule has 4 rings (SSSR count). The molecular formula is C23H16ClF3N6O2. The molecule has 35 heavy (non-hydrogen) atoms. The first-order valence-electron chi connectivity index (χ1n) is 10.1. The number of hydrogen-bond donors (Lipinski definition) is 2. The van der Waals surface area contributed by atoms with Crippen molar-refractivity contribution in [1.82, 2.24) is 14.5 Å². The third kappa shape index (κ3) is 4.97. The van der Waals surface area contributed by atoms with Crippen molar-refractivity contribution in [3.05, 3.63) is 81.4 Å². The van der Waals surface area contributed by atoms with Gasteiger partial charge in [0.2, 0.25) is 5.95 Å². The zero-order valence-electron chi connectivity index (χ0n) is 18.0. The summed E-state index contributed by atoms with van der Waals surface area (Å²) in [5.74, 6) is -0.329. The SMILES string of the molecule is C[C@H](Nc1nc(N)ncc1C#N)c1cc2cccc(Cl)c2c(=O)n1-c1ccc(OC(F)(F)F)cc1. The Bertz CT molecular complexity index is 1510. The van der Waals surface area contributed by atoms with Gasteiger partial charge >= 0.3 is 6.36 Å². The lowest BCUT2D eigenvalue weighted by molar-refractivity contribution is -0.274. The quantitative estimate of drug-likeness (QED) is 0.397. The molecule has 0 saturated carbocycles. The molecule has 2 heterocycles. The summed E-state index contributed by atoms with van der Waals surface area (Å²) in [5, 5.41) is 13.5. The highest BCUT2D eigenvalue weighted by Gasteiger charge is 2.31. The van der Waals surface area contributed by atoms with Gasteiger partial charge in [-0.1, -0.05) is 23.7 Å². The Morgan fingerprint density at radius 2 is 1.94 bits per heavy atom. The summed E-state index contributed by atoms with van der Waals surface area (Å²) in [6.07, 6.45) is -3.58. The van der Waals surface area contributed by atoms with Crippen LogP contribution in [0.2, 0.25) is 5.02 Å². The number of nitriles is 1. The molecule has 2 aromatic heterocycles. The second-order valence-corrected chi connectivity index (χ2v) is 7.83. The number of nitrogen functional groups attached to an aromatic ring is 1. The standard InChI is InChI=1S/C23H16ClF3N6O2/c1-12(31-20-14(10-28)11-30-22(29)32-20)18-9-13-3-2-4-17(24)19(13)21(34)33(18)15-5-7-16(8-6-15)35-23(25,26)27/h2-9,11-12H,1H3,(H3,29,30,31,32)/t12-/m0/s1. The number of aromatic nitrogens is 3. The number of anilines is 2. The Morgan fingerprint density at radius 3 is 2.60 bits per heavy atom. The van der Waals surface area contributed by atoms with Gasteiger partial charge in [-0.15, -0.1) is 13.2 Å². The van der Waals surface area contributed by atoms with E-state index in [0.717, 1.165) is 12.1 Å². The van der Waals surface area contributed by atoms with E-state index in [-0.39, 0.29) is 33.4 Å². The summed E-state index contributed by atoms with van der Waals surface area (Å²) >= 11 is 6.30. The summed E-state index contributed by atoms with van der Waals surface area (Å²) in [6.45, 7) is 1.72. The fraction of sp³-hybridized carbons (Fsp3) is 0.130. The second-order valence-electron chi connectivity index (χ2n) is 7.42. The first-order chi connectivity index (χ1) is 16.6. The summed E-state index contributed by atoms with van der Waals surface area (Å²) in [7, 11) is 0. The smallest absolute Gasteiger partial charge is 0.406 e. The predicted molar refractivity (Wildman–Crippen MR) is 124 cm³/mol. The zero-order chi connectivity index (χ0) is 25.3. The van der Waals surface area contributed by atoms with Crippen molar-refractivity contribution < 1.29 is 17.9 Å². The van der Waals surface area contributed by atoms with Crippen molar-refractivity contribution >= 4 is 34.1 Å². The zero-order valence-corrected chi connectivity index (χ0v) is 18.7. The van der Waals surface area contributed by atoms with E-state index in [0.29, 0.717) is 11.1 Å². The van der Waals surface area contributed by atoms with Crippen LogP contribution in [0, 0.1) is 11.3 Å². The predicted octanol–water partition coefficient (Wildman–Crippen LogP) is 4.96. The van der Waals surface area contributed by atoms with Gasteiger partial charge in [0.05, 0.1) is 22.6 Å². The molecule has 0 radical (unpaired) electrons. The average molecular weight is 501 g/mol. The molecule has 0 aliphatic heterocycles. The van der Waals surface area contributed by atoms with Gasteiger partial charge in [-0.3, -0.25) is 9.36 Å². The Balaban J connectivity index is 1.87. The van der Waals surface area contributed by atoms with Crippen LogP contribution in [-0.4, -0.2) is 20.9 Å². The van der Waals surface area contributed by atoms with Crippen LogP contribution in [0.5, 0.6) is 5.75 Å². The molecular weight excluding hydrogens is 485 g/mol. The van der Waals surface area contributed by atoms with Crippen molar-refractivity contribution in [2.75, 3.05) is 11.1 Å². The molecule has 0 aliphatic rings. The van der Waals surface area contributed by atoms with Gasteiger partial charge in [-0.05, 0) is 48.7 Å². The van der Waals surface area contributed by atoms with Crippen molar-refractivity contribution in [2.24, 2.45) is 0 Å². The number of fused-ring (bicyclic) bond motifs is 1. The highest BCUT2D eigenvalue weighted by Crippen LogP contribution is 2.29. The molecule has 12 heteroatoms. The topological polar surface area (TPSA) is 119 Å². The molecule has 0 unspecified atom stereocenters. The van der Waals surface area contributed by atoms with Crippen LogP contribution in [0.25, 0.3) is 16.5 Å². The summed E-state index contributed by atoms with van der Waals surface area (Å²) in [6, 6.07) is 12.9. The van der Waals surface area contributed by atoms with Crippen LogP contribution < -0.4 is 21.3 Å². The molecule has 3 N–H and O–H groups in total. The van der Waals surface area contributed by atoms with Gasteiger partial charge in [0.1, 0.15) is 23.2 Å². The lowest BCUT2D eigenvalue weighted by Crippen LogP contribution is -2.26. The first-order valence-corrected chi connectivity index (χ1v) is 10.4. The molecule has 2 aromatic carbocycles. The summed E-state index contributed by atoms with van der Waals surface area (Å²) in [5.41, 5.74) is 6.01. The Hall–Kier alpha value is -4.30. The van der Waals surface area contributed by atoms with Gasteiger partial charge in [-0.2, -0.15) is 10.2 Å². The summed E-state index contributed by atoms with van der Waals surface area (Å²) in [4.78, 5) is 21.4. The van der Waals surface area contributed by atoms with Crippen molar-refractivity contribution in [1.29, 1.82) is 5.26 Å². The van der Waals surface area contributed by atoms with Gasteiger partial charge in [-0.25, -0.2) is 4.98 Å². The van der Waals surface area contributed by atoms with Gasteiger partial charge in [0, 0.05) is 11.4 Å². The van der Waals surface area contributed by atoms with Crippen molar-refractivity contribution in [3.63, 3.8) is 0 Å². The maximum atomic E-state index is 13.6. The Morgan fingerprint density at radius 1 is 1.23 bits per heavy atom. The van der Waals surface area contributed by atoms with Crippen LogP contribution in [-0.2, 0) is 0 Å². The number of pyridine rings is 1. The molecule has 0 fully saturated rings. The van der Waals surface area contributed by atoms with Gasteiger partial charge in [0.15, 0.2) is 0 Å². The van der Waals surface area contributed by atoms with E-state index in [1.54, 1.807) is 31.2 Å². The third-order valence-electron chi connectivity index (χ3n) is 5.08. The molecule has 0 saturated heterocycles. The van der Waals surface area contributed by atoms with Crippen LogP contribution in [0.4, 0.5) is 24.9 Å². The maximum absolute atomic E-state index is 13.6. The minimum absolute atomic E-state index is 0.0540.